The largest absolute Gasteiger partial charge is 0.339 e. The van der Waals surface area contributed by atoms with Gasteiger partial charge in [0.25, 0.3) is 5.91 Å². The number of carbonyl (C=O) groups excluding carboxylic acids is 4. The van der Waals surface area contributed by atoms with Crippen molar-refractivity contribution in [3.05, 3.63) is 77.9 Å². The molecule has 0 radical (unpaired) electrons. The Bertz CT molecular complexity index is 1320. The van der Waals surface area contributed by atoms with E-state index in [4.69, 9.17) is 0 Å². The fourth-order valence-electron chi connectivity index (χ4n) is 4.29. The lowest BCUT2D eigenvalue weighted by Gasteiger charge is -2.22. The maximum Gasteiger partial charge on any atom is 0.325 e. The van der Waals surface area contributed by atoms with Gasteiger partial charge in [-0.05, 0) is 53.9 Å². The van der Waals surface area contributed by atoms with Gasteiger partial charge in [-0.3, -0.25) is 19.3 Å². The summed E-state index contributed by atoms with van der Waals surface area (Å²) < 4.78 is 0. The van der Waals surface area contributed by atoms with Gasteiger partial charge in [0.15, 0.2) is 0 Å². The Balaban J connectivity index is 1.46. The zero-order valence-electron chi connectivity index (χ0n) is 20.0. The lowest BCUT2D eigenvalue weighted by molar-refractivity contribution is -0.133. The number of urea groups is 1. The van der Waals surface area contributed by atoms with Crippen LogP contribution in [0.2, 0.25) is 0 Å². The molecule has 2 N–H and O–H groups in total. The molecule has 0 aromatic heterocycles. The predicted molar refractivity (Wildman–Crippen MR) is 133 cm³/mol. The van der Waals surface area contributed by atoms with E-state index in [9.17, 15) is 19.2 Å². The van der Waals surface area contributed by atoms with Crippen LogP contribution in [0.1, 0.15) is 31.9 Å². The van der Waals surface area contributed by atoms with E-state index in [0.29, 0.717) is 24.3 Å². The number of rotatable bonds is 7. The molecular formula is C27H28N4O4. The van der Waals surface area contributed by atoms with Crippen molar-refractivity contribution in [1.82, 2.24) is 15.1 Å². The standard InChI is InChI=1S/C27H28N4O4/c1-4-30(18(2)32)16-19-8-7-11-23(14-19)28-24(33)17-31-25(34)27(3,29-26(31)35)22-13-12-20-9-5-6-10-21(20)15-22/h5-15H,4,16-17H2,1-3H3,(H,28,33)(H,29,35). The molecule has 1 atom stereocenters. The number of hydrogen-bond donors (Lipinski definition) is 2. The molecule has 35 heavy (non-hydrogen) atoms. The summed E-state index contributed by atoms with van der Waals surface area (Å²) in [7, 11) is 0. The number of benzene rings is 3. The highest BCUT2D eigenvalue weighted by Gasteiger charge is 2.49. The van der Waals surface area contributed by atoms with Gasteiger partial charge in [0, 0.05) is 25.7 Å². The van der Waals surface area contributed by atoms with Crippen LogP contribution in [0, 0.1) is 0 Å². The molecule has 1 unspecified atom stereocenters. The second-order valence-corrected chi connectivity index (χ2v) is 8.79. The van der Waals surface area contributed by atoms with Crippen molar-refractivity contribution < 1.29 is 19.2 Å². The number of nitrogens with one attached hydrogen (secondary N) is 2. The highest BCUT2D eigenvalue weighted by Crippen LogP contribution is 2.31. The normalized spacial score (nSPS) is 17.4. The summed E-state index contributed by atoms with van der Waals surface area (Å²) in [6.07, 6.45) is 0. The zero-order valence-corrected chi connectivity index (χ0v) is 20.0. The molecule has 0 aliphatic carbocycles. The molecule has 1 aliphatic heterocycles. The van der Waals surface area contributed by atoms with E-state index in [1.807, 2.05) is 55.5 Å². The van der Waals surface area contributed by atoms with E-state index in [1.54, 1.807) is 30.0 Å². The third-order valence-electron chi connectivity index (χ3n) is 6.31. The van der Waals surface area contributed by atoms with E-state index >= 15 is 0 Å². The second kappa shape index (κ2) is 9.58. The van der Waals surface area contributed by atoms with Crippen molar-refractivity contribution in [3.63, 3.8) is 0 Å². The third-order valence-corrected chi connectivity index (χ3v) is 6.31. The van der Waals surface area contributed by atoms with Gasteiger partial charge >= 0.3 is 6.03 Å². The minimum Gasteiger partial charge on any atom is -0.339 e. The van der Waals surface area contributed by atoms with E-state index in [-0.39, 0.29) is 5.91 Å². The Labute approximate surface area is 203 Å². The van der Waals surface area contributed by atoms with Gasteiger partial charge in [-0.15, -0.1) is 0 Å². The number of hydrogen-bond acceptors (Lipinski definition) is 4. The lowest BCUT2D eigenvalue weighted by atomic mass is 9.90. The molecule has 1 fully saturated rings. The number of nitrogens with zero attached hydrogens (tertiary/aromatic N) is 2. The van der Waals surface area contributed by atoms with Crippen molar-refractivity contribution in [2.45, 2.75) is 32.9 Å². The maximum absolute atomic E-state index is 13.3. The van der Waals surface area contributed by atoms with Crippen molar-refractivity contribution in [1.29, 1.82) is 0 Å². The Morgan fingerprint density at radius 3 is 2.46 bits per heavy atom. The number of carbonyl (C=O) groups is 4. The van der Waals surface area contributed by atoms with Gasteiger partial charge in [-0.1, -0.05) is 48.5 Å². The van der Waals surface area contributed by atoms with Crippen LogP contribution in [0.15, 0.2) is 66.7 Å². The minimum atomic E-state index is -1.27. The molecule has 8 nitrogen and oxygen atoms in total. The molecule has 3 aromatic carbocycles. The summed E-state index contributed by atoms with van der Waals surface area (Å²) in [5, 5.41) is 7.48. The quantitative estimate of drug-likeness (QED) is 0.513. The van der Waals surface area contributed by atoms with Gasteiger partial charge in [0.1, 0.15) is 12.1 Å². The summed E-state index contributed by atoms with van der Waals surface area (Å²) >= 11 is 0. The van der Waals surface area contributed by atoms with E-state index in [0.717, 1.165) is 21.2 Å². The molecular weight excluding hydrogens is 444 g/mol. The molecule has 3 aromatic rings. The molecule has 8 heteroatoms. The van der Waals surface area contributed by atoms with Gasteiger partial charge in [0.2, 0.25) is 11.8 Å². The molecule has 1 heterocycles. The fourth-order valence-corrected chi connectivity index (χ4v) is 4.29. The summed E-state index contributed by atoms with van der Waals surface area (Å²) in [5.74, 6) is -1.01. The van der Waals surface area contributed by atoms with Gasteiger partial charge < -0.3 is 15.5 Å². The van der Waals surface area contributed by atoms with E-state index < -0.39 is 29.9 Å². The van der Waals surface area contributed by atoms with Crippen LogP contribution in [0.25, 0.3) is 10.8 Å². The zero-order chi connectivity index (χ0) is 25.2. The van der Waals surface area contributed by atoms with Crippen molar-refractivity contribution in [2.24, 2.45) is 0 Å². The molecule has 5 amide bonds. The van der Waals surface area contributed by atoms with Crippen LogP contribution in [-0.4, -0.2) is 46.6 Å². The van der Waals surface area contributed by atoms with Crippen LogP contribution < -0.4 is 10.6 Å². The van der Waals surface area contributed by atoms with Crippen molar-refractivity contribution >= 4 is 40.2 Å². The molecule has 0 saturated carbocycles. The SMILES string of the molecule is CCN(Cc1cccc(NC(=O)CN2C(=O)NC(C)(c3ccc4ccccc4c3)C2=O)c1)C(C)=O. The maximum atomic E-state index is 13.3. The van der Waals surface area contributed by atoms with Crippen LogP contribution in [0.3, 0.4) is 0 Å². The van der Waals surface area contributed by atoms with Crippen LogP contribution >= 0.6 is 0 Å². The van der Waals surface area contributed by atoms with Crippen LogP contribution in [0.4, 0.5) is 10.5 Å². The first-order valence-corrected chi connectivity index (χ1v) is 11.5. The van der Waals surface area contributed by atoms with Crippen molar-refractivity contribution in [3.8, 4) is 0 Å². The fraction of sp³-hybridized carbons (Fsp3) is 0.259. The van der Waals surface area contributed by atoms with Crippen molar-refractivity contribution in [2.75, 3.05) is 18.4 Å². The van der Waals surface area contributed by atoms with Crippen LogP contribution in [-0.2, 0) is 26.5 Å². The predicted octanol–water partition coefficient (Wildman–Crippen LogP) is 3.61. The molecule has 0 bridgehead atoms. The number of amides is 5. The van der Waals surface area contributed by atoms with Gasteiger partial charge in [0.05, 0.1) is 0 Å². The first-order chi connectivity index (χ1) is 16.7. The topological polar surface area (TPSA) is 98.8 Å². The number of anilines is 1. The molecule has 180 valence electrons. The number of imide groups is 1. The summed E-state index contributed by atoms with van der Waals surface area (Å²) in [4.78, 5) is 53.0. The van der Waals surface area contributed by atoms with Gasteiger partial charge in [-0.2, -0.15) is 0 Å². The van der Waals surface area contributed by atoms with E-state index in [1.165, 1.54) is 6.92 Å². The molecule has 0 spiro atoms. The molecule has 1 aliphatic rings. The molecule has 1 saturated heterocycles. The monoisotopic (exact) mass is 472 g/mol. The Morgan fingerprint density at radius 1 is 1.00 bits per heavy atom. The van der Waals surface area contributed by atoms with Gasteiger partial charge in [-0.25, -0.2) is 4.79 Å². The Kier molecular flexibility index (Phi) is 6.55. The van der Waals surface area contributed by atoms with E-state index in [2.05, 4.69) is 10.6 Å². The molecule has 4 rings (SSSR count). The second-order valence-electron chi connectivity index (χ2n) is 8.79. The van der Waals surface area contributed by atoms with Crippen LogP contribution in [0.5, 0.6) is 0 Å². The highest BCUT2D eigenvalue weighted by atomic mass is 16.2. The number of fused-ring (bicyclic) bond motifs is 1. The third kappa shape index (κ3) is 4.87. The first kappa shape index (κ1) is 23.9. The average molecular weight is 473 g/mol. The minimum absolute atomic E-state index is 0.0324. The Hall–Kier alpha value is -4.20. The average Bonchev–Trinajstić information content (AvgIpc) is 3.06. The Morgan fingerprint density at radius 2 is 1.74 bits per heavy atom. The highest BCUT2D eigenvalue weighted by molar-refractivity contribution is 6.10. The summed E-state index contributed by atoms with van der Waals surface area (Å²) in [5.41, 5.74) is 0.767. The first-order valence-electron chi connectivity index (χ1n) is 11.5. The summed E-state index contributed by atoms with van der Waals surface area (Å²) in [6, 6.07) is 19.9. The summed E-state index contributed by atoms with van der Waals surface area (Å²) in [6.45, 7) is 5.65. The lowest BCUT2D eigenvalue weighted by Crippen LogP contribution is -2.42. The smallest absolute Gasteiger partial charge is 0.325 e.